The first kappa shape index (κ1) is 10.7. The van der Waals surface area contributed by atoms with E-state index < -0.39 is 9.76 Å². The van der Waals surface area contributed by atoms with Gasteiger partial charge < -0.3 is 0 Å². The van der Waals surface area contributed by atoms with Crippen LogP contribution in [-0.4, -0.2) is 6.18 Å². The molecule has 0 aliphatic heterocycles. The zero-order valence-electron chi connectivity index (χ0n) is 3.77. The molecule has 0 fully saturated rings. The molecular weight excluding hydrogens is 474 g/mol. The zero-order valence-corrected chi connectivity index (χ0v) is 10.2. The fourth-order valence-electron chi connectivity index (χ4n) is 0.107. The van der Waals surface area contributed by atoms with Crippen LogP contribution < -0.4 is 0 Å². The van der Waals surface area contributed by atoms with E-state index in [2.05, 4.69) is 0 Å². The molecule has 0 aliphatic rings. The van der Waals surface area contributed by atoms with Crippen LogP contribution in [0.5, 0.6) is 0 Å². The van der Waals surface area contributed by atoms with Gasteiger partial charge in [0.1, 0.15) is 3.58 Å². The molecule has 0 N–H and O–H groups in total. The Morgan fingerprint density at radius 3 is 1.33 bits per heavy atom. The lowest BCUT2D eigenvalue weighted by molar-refractivity contribution is -0.0815. The number of rotatable bonds is 0. The molecule has 9 heavy (non-hydrogen) atoms. The van der Waals surface area contributed by atoms with Crippen molar-refractivity contribution in [1.29, 1.82) is 0 Å². The molecule has 0 bridgehead atoms. The third-order valence-electron chi connectivity index (χ3n) is 0.415. The molecule has 54 valence electrons. The van der Waals surface area contributed by atoms with Gasteiger partial charge in [-0.25, -0.2) is 0 Å². The molecule has 0 unspecified atom stereocenters. The zero-order chi connectivity index (χ0) is 7.65. The minimum Gasteiger partial charge on any atom is -0.166 e. The molecule has 0 heterocycles. The van der Waals surface area contributed by atoms with Crippen LogP contribution in [0.15, 0.2) is 5.17 Å². The average molecular weight is 474 g/mol. The average Bonchev–Trinajstić information content (AvgIpc) is 1.62. The highest BCUT2D eigenvalue weighted by atomic mass is 127. The van der Waals surface area contributed by atoms with Gasteiger partial charge in [-0.2, -0.15) is 13.2 Å². The normalized spacial score (nSPS) is 11.3. The molecule has 0 atom stereocenters. The summed E-state index contributed by atoms with van der Waals surface area (Å²) in [6, 6.07) is 0. The third kappa shape index (κ3) is 4.22. The molecule has 0 aromatic carbocycles. The highest BCUT2D eigenvalue weighted by molar-refractivity contribution is 14.2. The van der Waals surface area contributed by atoms with Crippen LogP contribution in [0.4, 0.5) is 13.2 Å². The highest BCUT2D eigenvalue weighted by Crippen LogP contribution is 2.38. The monoisotopic (exact) mass is 474 g/mol. The van der Waals surface area contributed by atoms with Crippen molar-refractivity contribution in [1.82, 2.24) is 0 Å². The maximum atomic E-state index is 11.6. The van der Waals surface area contributed by atoms with Gasteiger partial charge in [0.15, 0.2) is 0 Å². The Morgan fingerprint density at radius 1 is 1.00 bits per heavy atom. The molecule has 0 nitrogen and oxygen atoms in total. The minimum atomic E-state index is -4.17. The van der Waals surface area contributed by atoms with Crippen LogP contribution in [0.2, 0.25) is 0 Å². The lowest BCUT2D eigenvalue weighted by Gasteiger charge is -2.03. The third-order valence-corrected chi connectivity index (χ3v) is 4.71. The van der Waals surface area contributed by atoms with Crippen LogP contribution in [0, 0.1) is 0 Å². The van der Waals surface area contributed by atoms with E-state index in [1.165, 1.54) is 22.6 Å². The summed E-state index contributed by atoms with van der Waals surface area (Å²) < 4.78 is 34.6. The van der Waals surface area contributed by atoms with E-state index in [-0.39, 0.29) is 1.59 Å². The Hall–Kier alpha value is 1.72. The molecule has 0 spiro atoms. The van der Waals surface area contributed by atoms with E-state index in [1.54, 1.807) is 45.2 Å². The maximum absolute atomic E-state index is 11.6. The van der Waals surface area contributed by atoms with E-state index in [0.717, 1.165) is 0 Å². The van der Waals surface area contributed by atoms with Gasteiger partial charge in [0.05, 0.1) is 1.59 Å². The second-order valence-electron chi connectivity index (χ2n) is 1.07. The quantitative estimate of drug-likeness (QED) is 0.466. The molecule has 0 radical (unpaired) electrons. The van der Waals surface area contributed by atoms with E-state index in [1.807, 2.05) is 0 Å². The van der Waals surface area contributed by atoms with Gasteiger partial charge in [0.25, 0.3) is 0 Å². The fraction of sp³-hybridized carbons (Fsp3) is 0.333. The molecule has 0 amide bonds. The van der Waals surface area contributed by atoms with Gasteiger partial charge in [0.2, 0.25) is 0 Å². The molecule has 6 heteroatoms. The summed E-state index contributed by atoms with van der Waals surface area (Å²) >= 11 is 4.54. The van der Waals surface area contributed by atoms with E-state index in [4.69, 9.17) is 0 Å². The minimum absolute atomic E-state index is 0.248. The molecule has 0 saturated carbocycles. The van der Waals surface area contributed by atoms with Crippen LogP contribution in [0.3, 0.4) is 0 Å². The molecule has 0 aliphatic carbocycles. The Labute approximate surface area is 91.1 Å². The second-order valence-corrected chi connectivity index (χ2v) is 6.37. The van der Waals surface area contributed by atoms with Gasteiger partial charge in [-0.05, 0) is 67.8 Å². The van der Waals surface area contributed by atoms with Gasteiger partial charge in [-0.15, -0.1) is 0 Å². The van der Waals surface area contributed by atoms with Crippen molar-refractivity contribution in [3.63, 3.8) is 0 Å². The maximum Gasteiger partial charge on any atom is 0.423 e. The molecular formula is C3F3I3. The van der Waals surface area contributed by atoms with Gasteiger partial charge in [-0.3, -0.25) is 0 Å². The summed E-state index contributed by atoms with van der Waals surface area (Å²) in [5, 5.41) is 0. The summed E-state index contributed by atoms with van der Waals surface area (Å²) in [4.78, 5) is 0. The first-order valence-electron chi connectivity index (χ1n) is 1.63. The SMILES string of the molecule is FC(F)(F)C(I)=C(I)I. The standard InChI is InChI=1S/C3F3I3/c4-3(5,6)1(7)2(8)9. The van der Waals surface area contributed by atoms with Crippen molar-refractivity contribution in [2.24, 2.45) is 0 Å². The Kier molecular flexibility index (Phi) is 4.68. The Balaban J connectivity index is 4.40. The number of hydrogen-bond donors (Lipinski definition) is 0. The van der Waals surface area contributed by atoms with Crippen molar-refractivity contribution >= 4 is 67.8 Å². The summed E-state index contributed by atoms with van der Waals surface area (Å²) in [7, 11) is 0. The van der Waals surface area contributed by atoms with Crippen molar-refractivity contribution in [2.75, 3.05) is 0 Å². The highest BCUT2D eigenvalue weighted by Gasteiger charge is 2.33. The molecule has 0 saturated heterocycles. The van der Waals surface area contributed by atoms with Gasteiger partial charge >= 0.3 is 6.18 Å². The van der Waals surface area contributed by atoms with Crippen molar-refractivity contribution in [3.8, 4) is 0 Å². The van der Waals surface area contributed by atoms with Crippen molar-refractivity contribution in [2.45, 2.75) is 6.18 Å². The summed E-state index contributed by atoms with van der Waals surface area (Å²) in [5.74, 6) is 0. The van der Waals surface area contributed by atoms with Crippen molar-refractivity contribution in [3.05, 3.63) is 5.17 Å². The first-order chi connectivity index (χ1) is 3.85. The lowest BCUT2D eigenvalue weighted by atomic mass is 10.6. The molecule has 0 rings (SSSR count). The van der Waals surface area contributed by atoms with E-state index >= 15 is 0 Å². The first-order valence-corrected chi connectivity index (χ1v) is 4.87. The second kappa shape index (κ2) is 3.93. The number of halogens is 6. The van der Waals surface area contributed by atoms with E-state index in [9.17, 15) is 13.2 Å². The summed E-state index contributed by atoms with van der Waals surface area (Å²) in [6.07, 6.45) is -4.17. The Morgan fingerprint density at radius 2 is 1.33 bits per heavy atom. The van der Waals surface area contributed by atoms with Crippen LogP contribution in [-0.2, 0) is 0 Å². The summed E-state index contributed by atoms with van der Waals surface area (Å²) in [5.41, 5.74) is 0. The largest absolute Gasteiger partial charge is 0.423 e. The van der Waals surface area contributed by atoms with Crippen LogP contribution in [0.25, 0.3) is 0 Å². The number of allylic oxidation sites excluding steroid dienone is 1. The predicted octanol–water partition coefficient (Wildman–Crippen LogP) is 4.02. The van der Waals surface area contributed by atoms with Crippen molar-refractivity contribution < 1.29 is 13.2 Å². The molecule has 0 aromatic rings. The van der Waals surface area contributed by atoms with Crippen LogP contribution in [0.1, 0.15) is 0 Å². The van der Waals surface area contributed by atoms with Gasteiger partial charge in [0, 0.05) is 0 Å². The topological polar surface area (TPSA) is 0 Å². The number of alkyl halides is 3. The molecule has 0 aromatic heterocycles. The fourth-order valence-corrected chi connectivity index (χ4v) is 0.719. The smallest absolute Gasteiger partial charge is 0.166 e. The van der Waals surface area contributed by atoms with Crippen LogP contribution >= 0.6 is 67.8 Å². The van der Waals surface area contributed by atoms with E-state index in [0.29, 0.717) is 0 Å². The van der Waals surface area contributed by atoms with Gasteiger partial charge in [-0.1, -0.05) is 0 Å². The summed E-state index contributed by atoms with van der Waals surface area (Å²) in [6.45, 7) is 0. The lowest BCUT2D eigenvalue weighted by Crippen LogP contribution is -2.06. The number of hydrogen-bond acceptors (Lipinski definition) is 0. The predicted molar refractivity (Wildman–Crippen MR) is 55.1 cm³/mol. The Bertz CT molecular complexity index is 132.